The van der Waals surface area contributed by atoms with Crippen LogP contribution in [0.25, 0.3) is 0 Å². The summed E-state index contributed by atoms with van der Waals surface area (Å²) in [7, 11) is 0. The molecule has 1 nitrogen and oxygen atoms in total. The van der Waals surface area contributed by atoms with Crippen molar-refractivity contribution in [1.82, 2.24) is 5.32 Å². The fourth-order valence-electron chi connectivity index (χ4n) is 1.61. The molecule has 1 N–H and O–H groups in total. The first-order valence-corrected chi connectivity index (χ1v) is 6.30. The van der Waals surface area contributed by atoms with Gasteiger partial charge >= 0.3 is 0 Å². The monoisotopic (exact) mass is 253 g/mol. The number of thiophene rings is 1. The average Bonchev–Trinajstić information content (AvgIpc) is 2.77. The molecule has 1 atom stereocenters. The minimum absolute atomic E-state index is 0.0832. The molecule has 0 fully saturated rings. The van der Waals surface area contributed by atoms with Crippen molar-refractivity contribution in [3.8, 4) is 0 Å². The van der Waals surface area contributed by atoms with Gasteiger partial charge in [0.25, 0.3) is 0 Å². The number of hydrogen-bond donors (Lipinski definition) is 1. The van der Waals surface area contributed by atoms with E-state index in [1.54, 1.807) is 11.3 Å². The van der Waals surface area contributed by atoms with Gasteiger partial charge in [0.1, 0.15) is 11.6 Å². The molecule has 4 heteroatoms. The Morgan fingerprint density at radius 3 is 2.53 bits per heavy atom. The summed E-state index contributed by atoms with van der Waals surface area (Å²) in [6.45, 7) is 2.59. The van der Waals surface area contributed by atoms with Crippen LogP contribution < -0.4 is 5.32 Å². The quantitative estimate of drug-likeness (QED) is 0.872. The molecule has 0 saturated heterocycles. The van der Waals surface area contributed by atoms with Crippen molar-refractivity contribution in [2.75, 3.05) is 0 Å². The van der Waals surface area contributed by atoms with Crippen molar-refractivity contribution in [2.45, 2.75) is 19.5 Å². The molecular formula is C13H13F2NS. The molecule has 1 unspecified atom stereocenters. The van der Waals surface area contributed by atoms with E-state index < -0.39 is 11.6 Å². The molecule has 1 aromatic heterocycles. The summed E-state index contributed by atoms with van der Waals surface area (Å²) in [6.07, 6.45) is 0. The van der Waals surface area contributed by atoms with Crippen molar-refractivity contribution in [1.29, 1.82) is 0 Å². The van der Waals surface area contributed by atoms with Gasteiger partial charge in [-0.15, -0.1) is 0 Å². The van der Waals surface area contributed by atoms with Crippen LogP contribution >= 0.6 is 11.3 Å². The molecule has 0 spiro atoms. The SMILES string of the molecule is CC(NCc1ccsc1)c1cc(F)cc(F)c1. The summed E-state index contributed by atoms with van der Waals surface area (Å²) in [6, 6.07) is 5.54. The van der Waals surface area contributed by atoms with Crippen LogP contribution in [0.1, 0.15) is 24.1 Å². The predicted molar refractivity (Wildman–Crippen MR) is 65.9 cm³/mol. The molecule has 0 amide bonds. The highest BCUT2D eigenvalue weighted by Crippen LogP contribution is 2.16. The molecule has 90 valence electrons. The van der Waals surface area contributed by atoms with Crippen LogP contribution in [-0.2, 0) is 6.54 Å². The molecule has 0 aliphatic heterocycles. The van der Waals surface area contributed by atoms with Gasteiger partial charge in [-0.25, -0.2) is 8.78 Å². The molecule has 2 rings (SSSR count). The summed E-state index contributed by atoms with van der Waals surface area (Å²) in [5, 5.41) is 7.28. The Morgan fingerprint density at radius 2 is 1.94 bits per heavy atom. The van der Waals surface area contributed by atoms with Crippen LogP contribution in [0.2, 0.25) is 0 Å². The van der Waals surface area contributed by atoms with Gasteiger partial charge in [-0.2, -0.15) is 11.3 Å². The molecule has 17 heavy (non-hydrogen) atoms. The van der Waals surface area contributed by atoms with Gasteiger partial charge in [0.15, 0.2) is 0 Å². The lowest BCUT2D eigenvalue weighted by Crippen LogP contribution is -2.18. The highest BCUT2D eigenvalue weighted by atomic mass is 32.1. The largest absolute Gasteiger partial charge is 0.306 e. The fourth-order valence-corrected chi connectivity index (χ4v) is 2.28. The minimum Gasteiger partial charge on any atom is -0.306 e. The molecule has 1 aromatic carbocycles. The van der Waals surface area contributed by atoms with E-state index in [1.165, 1.54) is 17.7 Å². The Balaban J connectivity index is 2.01. The van der Waals surface area contributed by atoms with Gasteiger partial charge in [-0.05, 0) is 47.0 Å². The lowest BCUT2D eigenvalue weighted by Gasteiger charge is -2.14. The molecule has 0 aliphatic rings. The van der Waals surface area contributed by atoms with Crippen LogP contribution in [-0.4, -0.2) is 0 Å². The Morgan fingerprint density at radius 1 is 1.24 bits per heavy atom. The zero-order valence-corrected chi connectivity index (χ0v) is 10.2. The van der Waals surface area contributed by atoms with Gasteiger partial charge in [0, 0.05) is 18.7 Å². The van der Waals surface area contributed by atoms with Gasteiger partial charge in [0.05, 0.1) is 0 Å². The molecule has 0 bridgehead atoms. The number of halogens is 2. The lowest BCUT2D eigenvalue weighted by atomic mass is 10.1. The van der Waals surface area contributed by atoms with Crippen molar-refractivity contribution in [3.63, 3.8) is 0 Å². The molecule has 1 heterocycles. The van der Waals surface area contributed by atoms with Crippen LogP contribution in [0.15, 0.2) is 35.0 Å². The van der Waals surface area contributed by atoms with Crippen molar-refractivity contribution in [2.24, 2.45) is 0 Å². The minimum atomic E-state index is -0.538. The second-order valence-electron chi connectivity index (χ2n) is 3.94. The summed E-state index contributed by atoms with van der Waals surface area (Å²) in [5.41, 5.74) is 1.80. The number of benzene rings is 1. The van der Waals surface area contributed by atoms with E-state index in [1.807, 2.05) is 23.8 Å². The first-order chi connectivity index (χ1) is 8.15. The zero-order valence-electron chi connectivity index (χ0n) is 9.41. The predicted octanol–water partition coefficient (Wildman–Crippen LogP) is 3.88. The Bertz CT molecular complexity index is 462. The van der Waals surface area contributed by atoms with Crippen LogP contribution in [0.4, 0.5) is 8.78 Å². The molecule has 2 aromatic rings. The summed E-state index contributed by atoms with van der Waals surface area (Å²) >= 11 is 1.63. The average molecular weight is 253 g/mol. The second kappa shape index (κ2) is 5.38. The fraction of sp³-hybridized carbons (Fsp3) is 0.231. The number of nitrogens with one attached hydrogen (secondary N) is 1. The summed E-state index contributed by atoms with van der Waals surface area (Å²) in [5.74, 6) is -1.08. The van der Waals surface area contributed by atoms with E-state index in [0.717, 1.165) is 6.07 Å². The van der Waals surface area contributed by atoms with Gasteiger partial charge < -0.3 is 5.32 Å². The normalized spacial score (nSPS) is 12.6. The zero-order chi connectivity index (χ0) is 12.3. The van der Waals surface area contributed by atoms with E-state index in [4.69, 9.17) is 0 Å². The number of rotatable bonds is 4. The molecule has 0 radical (unpaired) electrons. The maximum absolute atomic E-state index is 13.0. The Kier molecular flexibility index (Phi) is 3.86. The topological polar surface area (TPSA) is 12.0 Å². The maximum Gasteiger partial charge on any atom is 0.126 e. The third-order valence-corrected chi connectivity index (χ3v) is 3.31. The van der Waals surface area contributed by atoms with Crippen molar-refractivity contribution in [3.05, 3.63) is 57.8 Å². The number of hydrogen-bond acceptors (Lipinski definition) is 2. The smallest absolute Gasteiger partial charge is 0.126 e. The van der Waals surface area contributed by atoms with E-state index in [-0.39, 0.29) is 6.04 Å². The van der Waals surface area contributed by atoms with E-state index in [9.17, 15) is 8.78 Å². The van der Waals surface area contributed by atoms with E-state index >= 15 is 0 Å². The first-order valence-electron chi connectivity index (χ1n) is 5.35. The van der Waals surface area contributed by atoms with Gasteiger partial charge in [-0.3, -0.25) is 0 Å². The van der Waals surface area contributed by atoms with Gasteiger partial charge in [-0.1, -0.05) is 0 Å². The molecule has 0 aliphatic carbocycles. The third kappa shape index (κ3) is 3.35. The second-order valence-corrected chi connectivity index (χ2v) is 4.72. The lowest BCUT2D eigenvalue weighted by molar-refractivity contribution is 0.546. The first kappa shape index (κ1) is 12.2. The van der Waals surface area contributed by atoms with Crippen LogP contribution in [0.3, 0.4) is 0 Å². The highest BCUT2D eigenvalue weighted by Gasteiger charge is 2.08. The summed E-state index contributed by atoms with van der Waals surface area (Å²) < 4.78 is 26.1. The Hall–Kier alpha value is -1.26. The van der Waals surface area contributed by atoms with Crippen LogP contribution in [0, 0.1) is 11.6 Å². The van der Waals surface area contributed by atoms with Gasteiger partial charge in [0.2, 0.25) is 0 Å². The summed E-state index contributed by atoms with van der Waals surface area (Å²) in [4.78, 5) is 0. The maximum atomic E-state index is 13.0. The van der Waals surface area contributed by atoms with Crippen molar-refractivity contribution >= 4 is 11.3 Å². The van der Waals surface area contributed by atoms with Crippen molar-refractivity contribution < 1.29 is 8.78 Å². The molecule has 0 saturated carbocycles. The van der Waals surface area contributed by atoms with E-state index in [0.29, 0.717) is 12.1 Å². The van der Waals surface area contributed by atoms with E-state index in [2.05, 4.69) is 5.32 Å². The molecular weight excluding hydrogens is 240 g/mol. The van der Waals surface area contributed by atoms with Crippen LogP contribution in [0.5, 0.6) is 0 Å². The third-order valence-electron chi connectivity index (χ3n) is 2.58. The Labute approximate surface area is 103 Å². The highest BCUT2D eigenvalue weighted by molar-refractivity contribution is 7.07. The standard InChI is InChI=1S/C13H13F2NS/c1-9(16-7-10-2-3-17-8-10)11-4-12(14)6-13(15)5-11/h2-6,8-9,16H,7H2,1H3.